The van der Waals surface area contributed by atoms with Gasteiger partial charge in [0, 0.05) is 19.0 Å². The van der Waals surface area contributed by atoms with E-state index in [9.17, 15) is 4.79 Å². The maximum atomic E-state index is 12.8. The van der Waals surface area contributed by atoms with Gasteiger partial charge in [-0.25, -0.2) is 4.79 Å². The standard InChI is InChI=1S/C20H21ClN2O2/c1-23(18-10-9-13-5-2-3-6-14(13)18)20(24)22-17-11-12-25-19-15(17)7-4-8-16(19)21/h2-8,17-18H,9-12H2,1H3,(H,22,24)/t17-,18-/m0/s1. The lowest BCUT2D eigenvalue weighted by Crippen LogP contribution is -2.42. The Balaban J connectivity index is 1.51. The summed E-state index contributed by atoms with van der Waals surface area (Å²) in [5.41, 5.74) is 3.55. The third kappa shape index (κ3) is 2.95. The summed E-state index contributed by atoms with van der Waals surface area (Å²) in [5.74, 6) is 0.689. The number of aryl methyl sites for hydroxylation is 1. The Morgan fingerprint density at radius 3 is 2.84 bits per heavy atom. The molecule has 1 aliphatic carbocycles. The van der Waals surface area contributed by atoms with E-state index >= 15 is 0 Å². The first-order chi connectivity index (χ1) is 12.1. The first-order valence-electron chi connectivity index (χ1n) is 8.67. The van der Waals surface area contributed by atoms with Gasteiger partial charge in [-0.15, -0.1) is 0 Å². The van der Waals surface area contributed by atoms with Crippen molar-refractivity contribution in [1.29, 1.82) is 0 Å². The van der Waals surface area contributed by atoms with Crippen LogP contribution in [0.4, 0.5) is 4.79 Å². The van der Waals surface area contributed by atoms with Crippen molar-refractivity contribution < 1.29 is 9.53 Å². The molecule has 2 atom stereocenters. The van der Waals surface area contributed by atoms with E-state index in [-0.39, 0.29) is 18.1 Å². The summed E-state index contributed by atoms with van der Waals surface area (Å²) in [7, 11) is 1.88. The SMILES string of the molecule is CN(C(=O)N[C@H]1CCOc2c(Cl)cccc21)[C@H]1CCc2ccccc21. The van der Waals surface area contributed by atoms with E-state index in [2.05, 4.69) is 23.5 Å². The minimum Gasteiger partial charge on any atom is -0.492 e. The average molecular weight is 357 g/mol. The number of nitrogens with zero attached hydrogens (tertiary/aromatic N) is 1. The Hall–Kier alpha value is -2.20. The molecule has 0 bridgehead atoms. The lowest BCUT2D eigenvalue weighted by atomic mass is 10.0. The van der Waals surface area contributed by atoms with Crippen LogP contribution < -0.4 is 10.1 Å². The number of hydrogen-bond acceptors (Lipinski definition) is 2. The molecule has 0 saturated carbocycles. The number of urea groups is 1. The number of amides is 2. The molecule has 4 rings (SSSR count). The molecule has 130 valence electrons. The molecule has 4 nitrogen and oxygen atoms in total. The van der Waals surface area contributed by atoms with Gasteiger partial charge in [0.15, 0.2) is 0 Å². The van der Waals surface area contributed by atoms with Gasteiger partial charge in [-0.05, 0) is 30.0 Å². The van der Waals surface area contributed by atoms with E-state index in [0.717, 1.165) is 24.8 Å². The number of rotatable bonds is 2. The maximum absolute atomic E-state index is 12.8. The van der Waals surface area contributed by atoms with E-state index in [1.165, 1.54) is 11.1 Å². The second-order valence-electron chi connectivity index (χ2n) is 6.66. The summed E-state index contributed by atoms with van der Waals surface area (Å²) < 4.78 is 5.68. The molecule has 0 spiro atoms. The number of carbonyl (C=O) groups is 1. The highest BCUT2D eigenvalue weighted by atomic mass is 35.5. The van der Waals surface area contributed by atoms with Crippen molar-refractivity contribution >= 4 is 17.6 Å². The summed E-state index contributed by atoms with van der Waals surface area (Å²) >= 11 is 6.22. The fourth-order valence-corrected chi connectivity index (χ4v) is 4.10. The van der Waals surface area contributed by atoms with Crippen LogP contribution in [0.1, 0.15) is 41.6 Å². The predicted molar refractivity (Wildman–Crippen MR) is 98.1 cm³/mol. The molecule has 2 aromatic rings. The third-order valence-corrected chi connectivity index (χ3v) is 5.51. The number of nitrogens with one attached hydrogen (secondary N) is 1. The van der Waals surface area contributed by atoms with Gasteiger partial charge in [-0.2, -0.15) is 0 Å². The predicted octanol–water partition coefficient (Wildman–Crippen LogP) is 4.49. The first-order valence-corrected chi connectivity index (χ1v) is 9.05. The quantitative estimate of drug-likeness (QED) is 0.861. The van der Waals surface area contributed by atoms with E-state index in [1.807, 2.05) is 36.2 Å². The highest BCUT2D eigenvalue weighted by Gasteiger charge is 2.31. The summed E-state index contributed by atoms with van der Waals surface area (Å²) in [6.07, 6.45) is 2.74. The van der Waals surface area contributed by atoms with Crippen LogP contribution in [0, 0.1) is 0 Å². The van der Waals surface area contributed by atoms with Crippen LogP contribution in [0.15, 0.2) is 42.5 Å². The first kappa shape index (κ1) is 16.3. The van der Waals surface area contributed by atoms with Crippen molar-refractivity contribution in [1.82, 2.24) is 10.2 Å². The zero-order valence-electron chi connectivity index (χ0n) is 14.2. The molecule has 1 heterocycles. The number of fused-ring (bicyclic) bond motifs is 2. The molecule has 1 N–H and O–H groups in total. The normalized spacial score (nSPS) is 21.0. The molecule has 0 radical (unpaired) electrons. The number of benzene rings is 2. The average Bonchev–Trinajstić information content (AvgIpc) is 3.06. The number of ether oxygens (including phenoxy) is 1. The van der Waals surface area contributed by atoms with Crippen molar-refractivity contribution in [2.75, 3.05) is 13.7 Å². The van der Waals surface area contributed by atoms with Crippen molar-refractivity contribution in [2.45, 2.75) is 31.3 Å². The zero-order valence-corrected chi connectivity index (χ0v) is 14.9. The van der Waals surface area contributed by atoms with E-state index in [4.69, 9.17) is 16.3 Å². The smallest absolute Gasteiger partial charge is 0.318 e. The van der Waals surface area contributed by atoms with Gasteiger partial charge in [0.05, 0.1) is 23.7 Å². The third-order valence-electron chi connectivity index (χ3n) is 5.21. The van der Waals surface area contributed by atoms with Crippen molar-refractivity contribution in [3.63, 3.8) is 0 Å². The molecule has 2 aromatic carbocycles. The molecule has 0 aromatic heterocycles. The minimum atomic E-state index is -0.0750. The summed E-state index contributed by atoms with van der Waals surface area (Å²) in [4.78, 5) is 14.7. The van der Waals surface area contributed by atoms with Gasteiger partial charge in [0.2, 0.25) is 0 Å². The van der Waals surface area contributed by atoms with Gasteiger partial charge in [0.25, 0.3) is 0 Å². The Kier molecular flexibility index (Phi) is 4.30. The van der Waals surface area contributed by atoms with Gasteiger partial charge in [0.1, 0.15) is 5.75 Å². The van der Waals surface area contributed by atoms with Crippen molar-refractivity contribution in [3.8, 4) is 5.75 Å². The Morgan fingerprint density at radius 2 is 1.96 bits per heavy atom. The van der Waals surface area contributed by atoms with Crippen LogP contribution in [-0.4, -0.2) is 24.6 Å². The molecular weight excluding hydrogens is 336 g/mol. The molecule has 25 heavy (non-hydrogen) atoms. The molecule has 2 aliphatic rings. The monoisotopic (exact) mass is 356 g/mol. The number of para-hydroxylation sites is 1. The summed E-state index contributed by atoms with van der Waals surface area (Å²) in [6, 6.07) is 14.1. The molecule has 1 aliphatic heterocycles. The topological polar surface area (TPSA) is 41.6 Å². The van der Waals surface area contributed by atoms with Crippen molar-refractivity contribution in [2.24, 2.45) is 0 Å². The highest BCUT2D eigenvalue weighted by molar-refractivity contribution is 6.32. The van der Waals surface area contributed by atoms with E-state index in [0.29, 0.717) is 17.4 Å². The van der Waals surface area contributed by atoms with Gasteiger partial charge in [-0.1, -0.05) is 48.0 Å². The highest BCUT2D eigenvalue weighted by Crippen LogP contribution is 2.38. The molecule has 0 unspecified atom stereocenters. The maximum Gasteiger partial charge on any atom is 0.318 e. The fraction of sp³-hybridized carbons (Fsp3) is 0.350. The Morgan fingerprint density at radius 1 is 1.16 bits per heavy atom. The van der Waals surface area contributed by atoms with E-state index in [1.54, 1.807) is 0 Å². The van der Waals surface area contributed by atoms with Gasteiger partial charge >= 0.3 is 6.03 Å². The van der Waals surface area contributed by atoms with Crippen LogP contribution in [0.25, 0.3) is 0 Å². The van der Waals surface area contributed by atoms with Crippen LogP contribution in [-0.2, 0) is 6.42 Å². The van der Waals surface area contributed by atoms with Gasteiger partial charge in [-0.3, -0.25) is 0 Å². The lowest BCUT2D eigenvalue weighted by Gasteiger charge is -2.31. The Labute approximate surface area is 152 Å². The number of halogens is 1. The second kappa shape index (κ2) is 6.60. The van der Waals surface area contributed by atoms with Crippen molar-refractivity contribution in [3.05, 3.63) is 64.2 Å². The van der Waals surface area contributed by atoms with Crippen LogP contribution >= 0.6 is 11.6 Å². The fourth-order valence-electron chi connectivity index (χ4n) is 3.87. The molecule has 2 amide bonds. The molecule has 0 fully saturated rings. The zero-order chi connectivity index (χ0) is 17.4. The number of hydrogen-bond donors (Lipinski definition) is 1. The van der Waals surface area contributed by atoms with E-state index < -0.39 is 0 Å². The summed E-state index contributed by atoms with van der Waals surface area (Å²) in [6.45, 7) is 0.553. The molecular formula is C20H21ClN2O2. The van der Waals surface area contributed by atoms with Crippen LogP contribution in [0.2, 0.25) is 5.02 Å². The molecule has 5 heteroatoms. The molecule has 0 saturated heterocycles. The second-order valence-corrected chi connectivity index (χ2v) is 7.07. The largest absolute Gasteiger partial charge is 0.492 e. The van der Waals surface area contributed by atoms with Crippen LogP contribution in [0.5, 0.6) is 5.75 Å². The lowest BCUT2D eigenvalue weighted by molar-refractivity contribution is 0.179. The Bertz CT molecular complexity index is 808. The van der Waals surface area contributed by atoms with Crippen LogP contribution in [0.3, 0.4) is 0 Å². The number of carbonyl (C=O) groups excluding carboxylic acids is 1. The minimum absolute atomic E-state index is 0.0560. The van der Waals surface area contributed by atoms with Gasteiger partial charge < -0.3 is 15.0 Å². The summed E-state index contributed by atoms with van der Waals surface area (Å²) in [5, 5.41) is 3.75.